The van der Waals surface area contributed by atoms with Crippen LogP contribution in [0.25, 0.3) is 0 Å². The first-order chi connectivity index (χ1) is 9.95. The molecule has 1 aromatic carbocycles. The van der Waals surface area contributed by atoms with Gasteiger partial charge in [0.25, 0.3) is 0 Å². The van der Waals surface area contributed by atoms with Gasteiger partial charge in [0.15, 0.2) is 0 Å². The second kappa shape index (κ2) is 6.51. The Morgan fingerprint density at radius 3 is 2.67 bits per heavy atom. The fraction of sp³-hybridized carbons (Fsp3) is 0.286. The molecule has 3 nitrogen and oxygen atoms in total. The monoisotopic (exact) mass is 299 g/mol. The SMILES string of the molecule is Fc1cccc(CCCNc2nccc(C(F)(F)F)n2)c1. The summed E-state index contributed by atoms with van der Waals surface area (Å²) in [5.41, 5.74) is -0.146. The Balaban J connectivity index is 1.84. The van der Waals surface area contributed by atoms with E-state index in [9.17, 15) is 17.6 Å². The van der Waals surface area contributed by atoms with Crippen molar-refractivity contribution in [2.24, 2.45) is 0 Å². The first-order valence-electron chi connectivity index (χ1n) is 6.34. The summed E-state index contributed by atoms with van der Waals surface area (Å²) in [5, 5.41) is 2.73. The Bertz CT molecular complexity index is 599. The van der Waals surface area contributed by atoms with Gasteiger partial charge >= 0.3 is 6.18 Å². The number of nitrogens with zero attached hydrogens (tertiary/aromatic N) is 2. The van der Waals surface area contributed by atoms with E-state index >= 15 is 0 Å². The quantitative estimate of drug-likeness (QED) is 0.676. The zero-order valence-electron chi connectivity index (χ0n) is 11.0. The van der Waals surface area contributed by atoms with Crippen LogP contribution in [-0.4, -0.2) is 16.5 Å². The molecule has 1 heterocycles. The van der Waals surface area contributed by atoms with Crippen LogP contribution in [0.4, 0.5) is 23.5 Å². The van der Waals surface area contributed by atoms with E-state index < -0.39 is 11.9 Å². The Hall–Kier alpha value is -2.18. The standard InChI is InChI=1S/C14H13F4N3/c15-11-5-1-3-10(9-11)4-2-7-19-13-20-8-6-12(21-13)14(16,17)18/h1,3,5-6,8-9H,2,4,7H2,(H,19,20,21). The molecule has 0 aliphatic carbocycles. The Morgan fingerprint density at radius 1 is 1.14 bits per heavy atom. The van der Waals surface area contributed by atoms with E-state index in [2.05, 4.69) is 15.3 Å². The van der Waals surface area contributed by atoms with Crippen molar-refractivity contribution in [3.8, 4) is 0 Å². The second-order valence-electron chi connectivity index (χ2n) is 4.42. The summed E-state index contributed by atoms with van der Waals surface area (Å²) in [6.07, 6.45) is -2.18. The predicted molar refractivity (Wildman–Crippen MR) is 70.2 cm³/mol. The molecular formula is C14H13F4N3. The summed E-state index contributed by atoms with van der Waals surface area (Å²) >= 11 is 0. The van der Waals surface area contributed by atoms with Crippen LogP contribution in [0.15, 0.2) is 36.5 Å². The Morgan fingerprint density at radius 2 is 1.95 bits per heavy atom. The molecule has 0 amide bonds. The number of hydrogen-bond acceptors (Lipinski definition) is 3. The first kappa shape index (κ1) is 15.2. The summed E-state index contributed by atoms with van der Waals surface area (Å²) in [7, 11) is 0. The number of alkyl halides is 3. The minimum atomic E-state index is -4.49. The normalized spacial score (nSPS) is 11.4. The van der Waals surface area contributed by atoms with Gasteiger partial charge in [0.2, 0.25) is 5.95 Å². The third-order valence-electron chi connectivity index (χ3n) is 2.76. The minimum Gasteiger partial charge on any atom is -0.354 e. The fourth-order valence-electron chi connectivity index (χ4n) is 1.79. The predicted octanol–water partition coefficient (Wildman–Crippen LogP) is 3.68. The van der Waals surface area contributed by atoms with Crippen molar-refractivity contribution in [3.05, 3.63) is 53.6 Å². The maximum atomic E-state index is 13.0. The van der Waals surface area contributed by atoms with Gasteiger partial charge in [0, 0.05) is 12.7 Å². The molecule has 0 fully saturated rings. The van der Waals surface area contributed by atoms with E-state index in [1.165, 1.54) is 12.1 Å². The molecule has 2 rings (SSSR count). The molecule has 0 atom stereocenters. The van der Waals surface area contributed by atoms with Gasteiger partial charge in [0.05, 0.1) is 0 Å². The van der Waals surface area contributed by atoms with Crippen LogP contribution in [0.5, 0.6) is 0 Å². The number of hydrogen-bond donors (Lipinski definition) is 1. The molecule has 0 radical (unpaired) electrons. The molecule has 0 unspecified atom stereocenters. The highest BCUT2D eigenvalue weighted by Crippen LogP contribution is 2.27. The zero-order valence-corrected chi connectivity index (χ0v) is 11.0. The van der Waals surface area contributed by atoms with E-state index in [1.54, 1.807) is 12.1 Å². The van der Waals surface area contributed by atoms with Crippen LogP contribution in [-0.2, 0) is 12.6 Å². The first-order valence-corrected chi connectivity index (χ1v) is 6.34. The molecule has 0 aliphatic rings. The number of benzene rings is 1. The molecule has 1 N–H and O–H groups in total. The van der Waals surface area contributed by atoms with Gasteiger partial charge in [-0.15, -0.1) is 0 Å². The number of halogens is 4. The van der Waals surface area contributed by atoms with Crippen LogP contribution in [0.3, 0.4) is 0 Å². The third kappa shape index (κ3) is 4.70. The van der Waals surface area contributed by atoms with Gasteiger partial charge in [-0.1, -0.05) is 12.1 Å². The molecule has 0 aliphatic heterocycles. The highest BCUT2D eigenvalue weighted by Gasteiger charge is 2.32. The van der Waals surface area contributed by atoms with Gasteiger partial charge in [-0.05, 0) is 36.6 Å². The lowest BCUT2D eigenvalue weighted by Crippen LogP contribution is -2.12. The van der Waals surface area contributed by atoms with Crippen molar-refractivity contribution >= 4 is 5.95 Å². The van der Waals surface area contributed by atoms with Gasteiger partial charge in [-0.2, -0.15) is 13.2 Å². The van der Waals surface area contributed by atoms with Gasteiger partial charge in [-0.25, -0.2) is 14.4 Å². The second-order valence-corrected chi connectivity index (χ2v) is 4.42. The molecule has 0 bridgehead atoms. The number of rotatable bonds is 5. The maximum Gasteiger partial charge on any atom is 0.433 e. The molecule has 21 heavy (non-hydrogen) atoms. The van der Waals surface area contributed by atoms with Crippen LogP contribution in [0.2, 0.25) is 0 Å². The Kier molecular flexibility index (Phi) is 4.72. The van der Waals surface area contributed by atoms with Crippen molar-refractivity contribution in [2.45, 2.75) is 19.0 Å². The van der Waals surface area contributed by atoms with Gasteiger partial charge in [-0.3, -0.25) is 0 Å². The number of anilines is 1. The van der Waals surface area contributed by atoms with Gasteiger partial charge < -0.3 is 5.32 Å². The zero-order chi connectivity index (χ0) is 15.3. The third-order valence-corrected chi connectivity index (χ3v) is 2.76. The maximum absolute atomic E-state index is 13.0. The highest BCUT2D eigenvalue weighted by atomic mass is 19.4. The van der Waals surface area contributed by atoms with Gasteiger partial charge in [0.1, 0.15) is 11.5 Å². The van der Waals surface area contributed by atoms with Crippen LogP contribution in [0, 0.1) is 5.82 Å². The van der Waals surface area contributed by atoms with Crippen molar-refractivity contribution in [3.63, 3.8) is 0 Å². The molecule has 1 aromatic heterocycles. The van der Waals surface area contributed by atoms with Crippen molar-refractivity contribution < 1.29 is 17.6 Å². The van der Waals surface area contributed by atoms with E-state index in [1.807, 2.05) is 0 Å². The molecule has 112 valence electrons. The topological polar surface area (TPSA) is 37.8 Å². The summed E-state index contributed by atoms with van der Waals surface area (Å²) in [5.74, 6) is -0.370. The Labute approximate surface area is 119 Å². The lowest BCUT2D eigenvalue weighted by molar-refractivity contribution is -0.141. The average Bonchev–Trinajstić information content (AvgIpc) is 2.43. The summed E-state index contributed by atoms with van der Waals surface area (Å²) < 4.78 is 50.3. The number of aryl methyl sites for hydroxylation is 1. The van der Waals surface area contributed by atoms with Crippen LogP contribution in [0.1, 0.15) is 17.7 Å². The van der Waals surface area contributed by atoms with E-state index in [4.69, 9.17) is 0 Å². The highest BCUT2D eigenvalue weighted by molar-refractivity contribution is 5.26. The lowest BCUT2D eigenvalue weighted by atomic mass is 10.1. The molecule has 0 saturated carbocycles. The van der Waals surface area contributed by atoms with Crippen molar-refractivity contribution in [2.75, 3.05) is 11.9 Å². The van der Waals surface area contributed by atoms with Crippen molar-refractivity contribution in [1.29, 1.82) is 0 Å². The summed E-state index contributed by atoms with van der Waals surface area (Å²) in [4.78, 5) is 7.12. The largest absolute Gasteiger partial charge is 0.433 e. The van der Waals surface area contributed by atoms with E-state index in [-0.39, 0.29) is 11.8 Å². The average molecular weight is 299 g/mol. The smallest absolute Gasteiger partial charge is 0.354 e. The van der Waals surface area contributed by atoms with Crippen LogP contribution >= 0.6 is 0 Å². The number of nitrogens with one attached hydrogen (secondary N) is 1. The number of aromatic nitrogens is 2. The molecule has 0 spiro atoms. The summed E-state index contributed by atoms with van der Waals surface area (Å²) in [6, 6.07) is 7.02. The van der Waals surface area contributed by atoms with E-state index in [0.29, 0.717) is 19.4 Å². The molecule has 7 heteroatoms. The van der Waals surface area contributed by atoms with Crippen LogP contribution < -0.4 is 5.32 Å². The fourth-order valence-corrected chi connectivity index (χ4v) is 1.79. The molecule has 0 saturated heterocycles. The molecular weight excluding hydrogens is 286 g/mol. The molecule has 2 aromatic rings. The van der Waals surface area contributed by atoms with E-state index in [0.717, 1.165) is 17.8 Å². The lowest BCUT2D eigenvalue weighted by Gasteiger charge is -2.08. The minimum absolute atomic E-state index is 0.0657. The summed E-state index contributed by atoms with van der Waals surface area (Å²) in [6.45, 7) is 0.401. The van der Waals surface area contributed by atoms with Crippen molar-refractivity contribution in [1.82, 2.24) is 9.97 Å².